The lowest BCUT2D eigenvalue weighted by Crippen LogP contribution is -2.36. The number of amides is 1. The Labute approximate surface area is 170 Å². The van der Waals surface area contributed by atoms with E-state index in [1.165, 1.54) is 5.56 Å². The molecule has 0 atom stereocenters. The first-order chi connectivity index (χ1) is 14.2. The molecular weight excluding hydrogens is 372 g/mol. The Morgan fingerprint density at radius 1 is 1.07 bits per heavy atom. The first-order valence-corrected chi connectivity index (χ1v) is 9.87. The maximum atomic E-state index is 12.8. The number of carbonyl (C=O) groups excluding carboxylic acids is 1. The van der Waals surface area contributed by atoms with Crippen LogP contribution in [-0.4, -0.2) is 57.4 Å². The summed E-state index contributed by atoms with van der Waals surface area (Å²) in [6.07, 6.45) is 0. The van der Waals surface area contributed by atoms with Gasteiger partial charge in [-0.25, -0.2) is 0 Å². The number of morpholine rings is 1. The monoisotopic (exact) mass is 398 g/mol. The summed E-state index contributed by atoms with van der Waals surface area (Å²) in [4.78, 5) is 15.2. The van der Waals surface area contributed by atoms with Crippen LogP contribution in [-0.2, 0) is 17.8 Å². The van der Waals surface area contributed by atoms with Crippen LogP contribution in [0.25, 0.3) is 0 Å². The van der Waals surface area contributed by atoms with Crippen molar-refractivity contribution in [2.24, 2.45) is 0 Å². The molecule has 1 fully saturated rings. The Kier molecular flexibility index (Phi) is 6.17. The van der Waals surface area contributed by atoms with Gasteiger partial charge in [-0.1, -0.05) is 24.3 Å². The van der Waals surface area contributed by atoms with Crippen LogP contribution < -0.4 is 19.5 Å². The van der Waals surface area contributed by atoms with Crippen molar-refractivity contribution < 1.29 is 23.7 Å². The molecule has 2 aromatic rings. The van der Waals surface area contributed by atoms with Gasteiger partial charge >= 0.3 is 0 Å². The van der Waals surface area contributed by atoms with Crippen LogP contribution in [0.2, 0.25) is 0 Å². The predicted molar refractivity (Wildman–Crippen MR) is 108 cm³/mol. The number of nitrogens with zero attached hydrogens (tertiary/aromatic N) is 1. The lowest BCUT2D eigenvalue weighted by molar-refractivity contribution is 0.0340. The molecule has 7 nitrogen and oxygen atoms in total. The molecule has 2 aromatic carbocycles. The third-order valence-corrected chi connectivity index (χ3v) is 5.15. The van der Waals surface area contributed by atoms with Gasteiger partial charge in [0.1, 0.15) is 13.2 Å². The van der Waals surface area contributed by atoms with Crippen LogP contribution >= 0.6 is 0 Å². The van der Waals surface area contributed by atoms with Gasteiger partial charge in [-0.15, -0.1) is 0 Å². The first-order valence-electron chi connectivity index (χ1n) is 9.87. The standard InChI is InChI=1S/C22H26N2O5/c1-26-19-12-18(13-20-21(19)29-11-10-28-20)22(25)23-14-16-4-2-3-5-17(16)15-24-6-8-27-9-7-24/h2-5,12-13H,6-11,14-15H2,1H3,(H,23,25). The highest BCUT2D eigenvalue weighted by Crippen LogP contribution is 2.40. The normalized spacial score (nSPS) is 16.3. The summed E-state index contributed by atoms with van der Waals surface area (Å²) in [7, 11) is 1.55. The van der Waals surface area contributed by atoms with Gasteiger partial charge in [-0.05, 0) is 23.3 Å². The first kappa shape index (κ1) is 19.5. The average molecular weight is 398 g/mol. The SMILES string of the molecule is COc1cc(C(=O)NCc2ccccc2CN2CCOCC2)cc2c1OCCO2. The van der Waals surface area contributed by atoms with E-state index in [1.54, 1.807) is 19.2 Å². The van der Waals surface area contributed by atoms with E-state index in [0.29, 0.717) is 42.6 Å². The number of hydrogen-bond donors (Lipinski definition) is 1. The Bertz CT molecular complexity index is 847. The Hall–Kier alpha value is -2.77. The van der Waals surface area contributed by atoms with Crippen LogP contribution in [0.1, 0.15) is 21.5 Å². The molecule has 7 heteroatoms. The minimum absolute atomic E-state index is 0.179. The van der Waals surface area contributed by atoms with Gasteiger partial charge < -0.3 is 24.3 Å². The second-order valence-corrected chi connectivity index (χ2v) is 7.04. The van der Waals surface area contributed by atoms with Gasteiger partial charge in [0.05, 0.1) is 20.3 Å². The lowest BCUT2D eigenvalue weighted by Gasteiger charge is -2.27. The largest absolute Gasteiger partial charge is 0.493 e. The highest BCUT2D eigenvalue weighted by Gasteiger charge is 2.21. The van der Waals surface area contributed by atoms with Crippen molar-refractivity contribution in [1.29, 1.82) is 0 Å². The molecule has 1 N–H and O–H groups in total. The summed E-state index contributed by atoms with van der Waals surface area (Å²) in [6, 6.07) is 11.6. The Morgan fingerprint density at radius 3 is 2.62 bits per heavy atom. The second-order valence-electron chi connectivity index (χ2n) is 7.04. The van der Waals surface area contributed by atoms with Crippen molar-refractivity contribution in [2.45, 2.75) is 13.1 Å². The van der Waals surface area contributed by atoms with Crippen molar-refractivity contribution in [3.8, 4) is 17.2 Å². The molecule has 0 radical (unpaired) electrons. The minimum atomic E-state index is -0.179. The van der Waals surface area contributed by atoms with Gasteiger partial charge in [-0.2, -0.15) is 0 Å². The number of rotatable bonds is 6. The molecule has 0 aliphatic carbocycles. The average Bonchev–Trinajstić information content (AvgIpc) is 2.78. The molecule has 2 heterocycles. The molecule has 0 aromatic heterocycles. The molecule has 1 amide bonds. The zero-order valence-corrected chi connectivity index (χ0v) is 16.6. The van der Waals surface area contributed by atoms with Crippen LogP contribution in [0.3, 0.4) is 0 Å². The third-order valence-electron chi connectivity index (χ3n) is 5.15. The molecule has 2 aliphatic rings. The molecule has 0 unspecified atom stereocenters. The number of carbonyl (C=O) groups is 1. The number of methoxy groups -OCH3 is 1. The summed E-state index contributed by atoms with van der Waals surface area (Å²) in [6.45, 7) is 5.62. The van der Waals surface area contributed by atoms with Gasteiger partial charge in [0.2, 0.25) is 5.75 Å². The molecular formula is C22H26N2O5. The van der Waals surface area contributed by atoms with Crippen LogP contribution in [0.15, 0.2) is 36.4 Å². The zero-order valence-electron chi connectivity index (χ0n) is 16.6. The van der Waals surface area contributed by atoms with E-state index in [4.69, 9.17) is 18.9 Å². The molecule has 1 saturated heterocycles. The van der Waals surface area contributed by atoms with E-state index in [1.807, 2.05) is 12.1 Å². The van der Waals surface area contributed by atoms with Gasteiger partial charge in [0, 0.05) is 31.7 Å². The minimum Gasteiger partial charge on any atom is -0.493 e. The summed E-state index contributed by atoms with van der Waals surface area (Å²) >= 11 is 0. The lowest BCUT2D eigenvalue weighted by atomic mass is 10.1. The van der Waals surface area contributed by atoms with Crippen LogP contribution in [0, 0.1) is 0 Å². The fourth-order valence-electron chi connectivity index (χ4n) is 3.57. The van der Waals surface area contributed by atoms with E-state index in [0.717, 1.165) is 38.4 Å². The molecule has 0 bridgehead atoms. The summed E-state index contributed by atoms with van der Waals surface area (Å²) in [5.41, 5.74) is 2.81. The molecule has 29 heavy (non-hydrogen) atoms. The van der Waals surface area contributed by atoms with Crippen molar-refractivity contribution in [3.05, 3.63) is 53.1 Å². The second kappa shape index (κ2) is 9.15. The van der Waals surface area contributed by atoms with E-state index >= 15 is 0 Å². The van der Waals surface area contributed by atoms with E-state index in [2.05, 4.69) is 22.3 Å². The highest BCUT2D eigenvalue weighted by atomic mass is 16.6. The van der Waals surface area contributed by atoms with Crippen molar-refractivity contribution in [1.82, 2.24) is 10.2 Å². The Morgan fingerprint density at radius 2 is 1.83 bits per heavy atom. The number of nitrogens with one attached hydrogen (secondary N) is 1. The van der Waals surface area contributed by atoms with E-state index in [9.17, 15) is 4.79 Å². The topological polar surface area (TPSA) is 69.3 Å². The summed E-state index contributed by atoms with van der Waals surface area (Å²) in [5, 5.41) is 3.02. The van der Waals surface area contributed by atoms with Gasteiger partial charge in [0.25, 0.3) is 5.91 Å². The van der Waals surface area contributed by atoms with Crippen molar-refractivity contribution >= 4 is 5.91 Å². The smallest absolute Gasteiger partial charge is 0.251 e. The van der Waals surface area contributed by atoms with E-state index in [-0.39, 0.29) is 5.91 Å². The summed E-state index contributed by atoms with van der Waals surface area (Å²) in [5.74, 6) is 1.40. The van der Waals surface area contributed by atoms with Crippen molar-refractivity contribution in [2.75, 3.05) is 46.6 Å². The van der Waals surface area contributed by atoms with Gasteiger partial charge in [0.15, 0.2) is 11.5 Å². The quantitative estimate of drug-likeness (QED) is 0.805. The highest BCUT2D eigenvalue weighted by molar-refractivity contribution is 5.95. The maximum Gasteiger partial charge on any atom is 0.251 e. The number of fused-ring (bicyclic) bond motifs is 1. The third kappa shape index (κ3) is 4.63. The molecule has 2 aliphatic heterocycles. The molecule has 0 saturated carbocycles. The number of hydrogen-bond acceptors (Lipinski definition) is 6. The fourth-order valence-corrected chi connectivity index (χ4v) is 3.57. The van der Waals surface area contributed by atoms with Crippen LogP contribution in [0.5, 0.6) is 17.2 Å². The summed E-state index contributed by atoms with van der Waals surface area (Å²) < 4.78 is 22.0. The number of ether oxygens (including phenoxy) is 4. The Balaban J connectivity index is 1.45. The molecule has 154 valence electrons. The molecule has 4 rings (SSSR count). The van der Waals surface area contributed by atoms with Crippen molar-refractivity contribution in [3.63, 3.8) is 0 Å². The number of benzene rings is 2. The zero-order chi connectivity index (χ0) is 20.1. The fraction of sp³-hybridized carbons (Fsp3) is 0.409. The van der Waals surface area contributed by atoms with E-state index < -0.39 is 0 Å². The predicted octanol–water partition coefficient (Wildman–Crippen LogP) is 2.23. The molecule has 0 spiro atoms. The maximum absolute atomic E-state index is 12.8. The van der Waals surface area contributed by atoms with Gasteiger partial charge in [-0.3, -0.25) is 9.69 Å². The van der Waals surface area contributed by atoms with Crippen LogP contribution in [0.4, 0.5) is 0 Å².